The molecule has 120 valence electrons. The van der Waals surface area contributed by atoms with Crippen LogP contribution >= 0.6 is 0 Å². The van der Waals surface area contributed by atoms with Gasteiger partial charge in [0.05, 0.1) is 16.3 Å². The van der Waals surface area contributed by atoms with Gasteiger partial charge in [-0.1, -0.05) is 6.07 Å². The number of para-hydroxylation sites is 1. The summed E-state index contributed by atoms with van der Waals surface area (Å²) in [5.41, 5.74) is 6.91. The first-order valence-electron chi connectivity index (χ1n) is 7.22. The molecule has 6 heteroatoms. The Labute approximate surface area is 128 Å². The quantitative estimate of drug-likeness (QED) is 0.755. The smallest absolute Gasteiger partial charge is 0.177 e. The molecule has 0 bridgehead atoms. The highest BCUT2D eigenvalue weighted by atomic mass is 32.2. The second kappa shape index (κ2) is 7.13. The van der Waals surface area contributed by atoms with Gasteiger partial charge in [-0.15, -0.1) is 0 Å². The summed E-state index contributed by atoms with van der Waals surface area (Å²) in [7, 11) is -3.30. The largest absolute Gasteiger partial charge is 0.396 e. The molecule has 0 radical (unpaired) electrons. The number of hydrogen-bond donors (Lipinski definition) is 2. The third-order valence-corrected chi connectivity index (χ3v) is 4.63. The first-order chi connectivity index (χ1) is 9.64. The number of rotatable bonds is 7. The molecule has 1 aromatic carbocycles. The summed E-state index contributed by atoms with van der Waals surface area (Å²) in [5, 5.41) is 3.23. The summed E-state index contributed by atoms with van der Waals surface area (Å²) < 4.78 is 23.3. The summed E-state index contributed by atoms with van der Waals surface area (Å²) in [4.78, 5) is 2.54. The first kappa shape index (κ1) is 17.8. The van der Waals surface area contributed by atoms with E-state index < -0.39 is 9.84 Å². The number of nitrogen functional groups attached to an aromatic ring is 1. The van der Waals surface area contributed by atoms with Crippen LogP contribution in [-0.4, -0.2) is 44.7 Å². The van der Waals surface area contributed by atoms with Crippen molar-refractivity contribution < 1.29 is 8.42 Å². The van der Waals surface area contributed by atoms with Crippen LogP contribution in [0.2, 0.25) is 0 Å². The normalized spacial score (nSPS) is 12.4. The zero-order valence-electron chi connectivity index (χ0n) is 13.6. The van der Waals surface area contributed by atoms with Crippen molar-refractivity contribution in [1.29, 1.82) is 0 Å². The van der Waals surface area contributed by atoms with Crippen LogP contribution in [0.4, 0.5) is 11.4 Å². The van der Waals surface area contributed by atoms with Gasteiger partial charge in [-0.3, -0.25) is 4.90 Å². The fourth-order valence-electron chi connectivity index (χ4n) is 2.45. The molecular formula is C15H27N3O2S. The van der Waals surface area contributed by atoms with Crippen molar-refractivity contribution in [3.8, 4) is 0 Å². The zero-order valence-corrected chi connectivity index (χ0v) is 14.4. The van der Waals surface area contributed by atoms with Crippen molar-refractivity contribution in [2.24, 2.45) is 0 Å². The number of nitrogens with zero attached hydrogens (tertiary/aromatic N) is 1. The lowest BCUT2D eigenvalue weighted by Gasteiger charge is -2.30. The molecular weight excluding hydrogens is 286 g/mol. The molecule has 0 unspecified atom stereocenters. The SMILES string of the molecule is CC(C)N(CCNc1cccc(S(C)(=O)=O)c1N)C(C)C. The lowest BCUT2D eigenvalue weighted by molar-refractivity contribution is 0.182. The van der Waals surface area contributed by atoms with E-state index in [1.807, 2.05) is 0 Å². The molecule has 1 rings (SSSR count). The third kappa shape index (κ3) is 4.89. The van der Waals surface area contributed by atoms with Gasteiger partial charge in [0.2, 0.25) is 0 Å². The highest BCUT2D eigenvalue weighted by Crippen LogP contribution is 2.26. The predicted octanol–water partition coefficient (Wildman–Crippen LogP) is 2.20. The van der Waals surface area contributed by atoms with E-state index in [2.05, 4.69) is 37.9 Å². The van der Waals surface area contributed by atoms with Gasteiger partial charge >= 0.3 is 0 Å². The fraction of sp³-hybridized carbons (Fsp3) is 0.600. The van der Waals surface area contributed by atoms with Crippen molar-refractivity contribution in [3.05, 3.63) is 18.2 Å². The number of hydrogen-bond acceptors (Lipinski definition) is 5. The molecule has 0 spiro atoms. The van der Waals surface area contributed by atoms with Gasteiger partial charge in [0, 0.05) is 31.4 Å². The minimum Gasteiger partial charge on any atom is -0.396 e. The topological polar surface area (TPSA) is 75.4 Å². The van der Waals surface area contributed by atoms with Crippen molar-refractivity contribution in [1.82, 2.24) is 4.90 Å². The predicted molar refractivity (Wildman–Crippen MR) is 89.4 cm³/mol. The Morgan fingerprint density at radius 3 is 2.24 bits per heavy atom. The van der Waals surface area contributed by atoms with E-state index in [1.165, 1.54) is 12.3 Å². The number of anilines is 2. The van der Waals surface area contributed by atoms with Crippen molar-refractivity contribution in [2.45, 2.75) is 44.7 Å². The molecule has 0 saturated heterocycles. The van der Waals surface area contributed by atoms with Gasteiger partial charge in [-0.05, 0) is 39.8 Å². The van der Waals surface area contributed by atoms with E-state index in [1.54, 1.807) is 12.1 Å². The van der Waals surface area contributed by atoms with Crippen molar-refractivity contribution in [2.75, 3.05) is 30.4 Å². The minimum absolute atomic E-state index is 0.178. The number of benzene rings is 1. The van der Waals surface area contributed by atoms with Gasteiger partial charge in [0.25, 0.3) is 0 Å². The zero-order chi connectivity index (χ0) is 16.2. The van der Waals surface area contributed by atoms with Gasteiger partial charge < -0.3 is 11.1 Å². The molecule has 0 aliphatic heterocycles. The Balaban J connectivity index is 2.77. The van der Waals surface area contributed by atoms with E-state index in [4.69, 9.17) is 5.73 Å². The molecule has 0 atom stereocenters. The monoisotopic (exact) mass is 313 g/mol. The maximum Gasteiger partial charge on any atom is 0.177 e. The summed E-state index contributed by atoms with van der Waals surface area (Å²) in [6.07, 6.45) is 1.17. The highest BCUT2D eigenvalue weighted by molar-refractivity contribution is 7.90. The van der Waals surface area contributed by atoms with E-state index in [-0.39, 0.29) is 4.90 Å². The van der Waals surface area contributed by atoms with Crippen LogP contribution in [-0.2, 0) is 9.84 Å². The van der Waals surface area contributed by atoms with Crippen LogP contribution in [0.1, 0.15) is 27.7 Å². The van der Waals surface area contributed by atoms with Crippen LogP contribution in [0.5, 0.6) is 0 Å². The Hall–Kier alpha value is -1.27. The first-order valence-corrected chi connectivity index (χ1v) is 9.12. The van der Waals surface area contributed by atoms with E-state index in [0.717, 1.165) is 6.54 Å². The highest BCUT2D eigenvalue weighted by Gasteiger charge is 2.15. The number of nitrogens with one attached hydrogen (secondary N) is 1. The Morgan fingerprint density at radius 1 is 1.19 bits per heavy atom. The summed E-state index contributed by atoms with van der Waals surface area (Å²) >= 11 is 0. The summed E-state index contributed by atoms with van der Waals surface area (Å²) in [6.45, 7) is 10.3. The molecule has 0 fully saturated rings. The maximum absolute atomic E-state index is 11.7. The molecule has 0 aliphatic carbocycles. The number of nitrogens with two attached hydrogens (primary N) is 1. The molecule has 0 saturated carbocycles. The molecule has 0 amide bonds. The average molecular weight is 313 g/mol. The Bertz CT molecular complexity index is 560. The van der Waals surface area contributed by atoms with E-state index >= 15 is 0 Å². The van der Waals surface area contributed by atoms with E-state index in [0.29, 0.717) is 30.0 Å². The maximum atomic E-state index is 11.7. The Kier molecular flexibility index (Phi) is 6.04. The minimum atomic E-state index is -3.30. The molecule has 1 aromatic rings. The van der Waals surface area contributed by atoms with Gasteiger partial charge in [-0.25, -0.2) is 8.42 Å². The van der Waals surface area contributed by atoms with Crippen LogP contribution in [0, 0.1) is 0 Å². The summed E-state index contributed by atoms with van der Waals surface area (Å²) in [5.74, 6) is 0. The van der Waals surface area contributed by atoms with Gasteiger partial charge in [-0.2, -0.15) is 0 Å². The summed E-state index contributed by atoms with van der Waals surface area (Å²) in [6, 6.07) is 5.97. The van der Waals surface area contributed by atoms with Crippen LogP contribution < -0.4 is 11.1 Å². The second-order valence-electron chi connectivity index (χ2n) is 5.84. The average Bonchev–Trinajstić information content (AvgIpc) is 2.33. The second-order valence-corrected chi connectivity index (χ2v) is 7.83. The van der Waals surface area contributed by atoms with Crippen molar-refractivity contribution >= 4 is 21.2 Å². The molecule has 0 heterocycles. The van der Waals surface area contributed by atoms with Gasteiger partial charge in [0.15, 0.2) is 9.84 Å². The molecule has 5 nitrogen and oxygen atoms in total. The van der Waals surface area contributed by atoms with Crippen LogP contribution in [0.3, 0.4) is 0 Å². The van der Waals surface area contributed by atoms with Crippen LogP contribution in [0.15, 0.2) is 23.1 Å². The standard InChI is InChI=1S/C15H27N3O2S/c1-11(2)18(12(3)4)10-9-17-13-7-6-8-14(15(13)16)21(5,19)20/h6-8,11-12,17H,9-10,16H2,1-5H3. The number of sulfone groups is 1. The van der Waals surface area contributed by atoms with Crippen molar-refractivity contribution in [3.63, 3.8) is 0 Å². The lowest BCUT2D eigenvalue weighted by Crippen LogP contribution is -2.40. The fourth-order valence-corrected chi connectivity index (χ4v) is 3.29. The van der Waals surface area contributed by atoms with Crippen LogP contribution in [0.25, 0.3) is 0 Å². The third-order valence-electron chi connectivity index (χ3n) is 3.48. The molecule has 3 N–H and O–H groups in total. The Morgan fingerprint density at radius 2 is 1.76 bits per heavy atom. The molecule has 0 aliphatic rings. The van der Waals surface area contributed by atoms with E-state index in [9.17, 15) is 8.42 Å². The molecule has 0 aromatic heterocycles. The van der Waals surface area contributed by atoms with Gasteiger partial charge in [0.1, 0.15) is 0 Å². The molecule has 21 heavy (non-hydrogen) atoms. The lowest BCUT2D eigenvalue weighted by atomic mass is 10.2.